The molecular weight excluding hydrogens is 312 g/mol. The number of carbonyl (C=O) groups is 2. The zero-order valence-corrected chi connectivity index (χ0v) is 15.4. The lowest BCUT2D eigenvalue weighted by atomic mass is 9.94. The molecule has 1 rings (SSSR count). The van der Waals surface area contributed by atoms with Crippen LogP contribution < -0.4 is 5.32 Å². The van der Waals surface area contributed by atoms with Crippen LogP contribution in [-0.4, -0.2) is 38.3 Å². The molecule has 0 aliphatic carbocycles. The summed E-state index contributed by atoms with van der Waals surface area (Å²) in [4.78, 5) is 24.9. The van der Waals surface area contributed by atoms with Gasteiger partial charge in [0, 0.05) is 12.1 Å². The molecule has 7 nitrogen and oxygen atoms in total. The van der Waals surface area contributed by atoms with Gasteiger partial charge < -0.3 is 20.3 Å². The van der Waals surface area contributed by atoms with Gasteiger partial charge >= 0.3 is 6.09 Å². The number of ether oxygens (including phenoxy) is 1. The van der Waals surface area contributed by atoms with Gasteiger partial charge in [0.25, 0.3) is 0 Å². The van der Waals surface area contributed by atoms with Gasteiger partial charge in [0.2, 0.25) is 5.88 Å². The van der Waals surface area contributed by atoms with Crippen LogP contribution in [0.2, 0.25) is 0 Å². The molecule has 0 bridgehead atoms. The van der Waals surface area contributed by atoms with Crippen molar-refractivity contribution < 1.29 is 24.5 Å². The Kier molecular flexibility index (Phi) is 5.92. The topological polar surface area (TPSA) is 101 Å². The van der Waals surface area contributed by atoms with Crippen molar-refractivity contribution in [3.8, 4) is 11.8 Å². The second-order valence-electron chi connectivity index (χ2n) is 7.12. The molecule has 0 saturated heterocycles. The Morgan fingerprint density at radius 3 is 2.12 bits per heavy atom. The number of aromatic nitrogens is 1. The molecule has 3 N–H and O–H groups in total. The summed E-state index contributed by atoms with van der Waals surface area (Å²) in [6, 6.07) is -0.878. The van der Waals surface area contributed by atoms with Crippen LogP contribution in [0.1, 0.15) is 57.5 Å². The van der Waals surface area contributed by atoms with Crippen molar-refractivity contribution in [2.45, 2.75) is 66.7 Å². The van der Waals surface area contributed by atoms with E-state index in [1.54, 1.807) is 48.5 Å². The average molecular weight is 340 g/mol. The van der Waals surface area contributed by atoms with E-state index in [1.807, 2.05) is 0 Å². The minimum absolute atomic E-state index is 0.0177. The van der Waals surface area contributed by atoms with Crippen molar-refractivity contribution in [3.63, 3.8) is 0 Å². The minimum atomic E-state index is -0.878. The van der Waals surface area contributed by atoms with E-state index in [4.69, 9.17) is 4.74 Å². The van der Waals surface area contributed by atoms with E-state index in [2.05, 4.69) is 5.32 Å². The van der Waals surface area contributed by atoms with E-state index in [0.29, 0.717) is 6.54 Å². The standard InChI is InChI=1S/C17H28N2O5/c1-8-19-14(21)10(4)11(15(19)22)13(20)12(9(2)3)18-16(23)24-17(5,6)7/h9,12,21-22H,8H2,1-7H3,(H,18,23)/t12-/m0/s1. The molecule has 0 aromatic carbocycles. The molecule has 1 aromatic rings. The lowest BCUT2D eigenvalue weighted by molar-refractivity contribution is 0.0475. The fraction of sp³-hybridized carbons (Fsp3) is 0.647. The summed E-state index contributed by atoms with van der Waals surface area (Å²) in [5, 5.41) is 22.9. The average Bonchev–Trinajstić information content (AvgIpc) is 2.63. The number of rotatable bonds is 5. The molecule has 1 aromatic heterocycles. The van der Waals surface area contributed by atoms with Gasteiger partial charge in [-0.15, -0.1) is 0 Å². The number of Topliss-reactive ketones (excluding diaryl/α,β-unsaturated/α-hetero) is 1. The number of amides is 1. The maximum atomic E-state index is 12.9. The summed E-state index contributed by atoms with van der Waals surface area (Å²) < 4.78 is 6.44. The van der Waals surface area contributed by atoms with Gasteiger partial charge in [-0.2, -0.15) is 0 Å². The lowest BCUT2D eigenvalue weighted by Crippen LogP contribution is -2.46. The summed E-state index contributed by atoms with van der Waals surface area (Å²) in [7, 11) is 0. The first-order valence-corrected chi connectivity index (χ1v) is 8.05. The Morgan fingerprint density at radius 1 is 1.21 bits per heavy atom. The monoisotopic (exact) mass is 340 g/mol. The fourth-order valence-electron chi connectivity index (χ4n) is 2.44. The number of alkyl carbamates (subject to hydrolysis) is 1. The fourth-order valence-corrected chi connectivity index (χ4v) is 2.44. The predicted molar refractivity (Wildman–Crippen MR) is 90.5 cm³/mol. The van der Waals surface area contributed by atoms with E-state index < -0.39 is 23.5 Å². The molecule has 7 heteroatoms. The molecule has 1 atom stereocenters. The highest BCUT2D eigenvalue weighted by Crippen LogP contribution is 2.34. The maximum Gasteiger partial charge on any atom is 0.408 e. The number of carbonyl (C=O) groups excluding carboxylic acids is 2. The Labute approximate surface area is 142 Å². The van der Waals surface area contributed by atoms with E-state index in [1.165, 1.54) is 4.57 Å². The number of hydrogen-bond acceptors (Lipinski definition) is 5. The van der Waals surface area contributed by atoms with Crippen molar-refractivity contribution in [3.05, 3.63) is 11.1 Å². The number of nitrogens with zero attached hydrogens (tertiary/aromatic N) is 1. The third-order valence-electron chi connectivity index (χ3n) is 3.63. The van der Waals surface area contributed by atoms with E-state index in [-0.39, 0.29) is 28.8 Å². The summed E-state index contributed by atoms with van der Waals surface area (Å²) in [5.74, 6) is -1.14. The van der Waals surface area contributed by atoms with Crippen LogP contribution in [-0.2, 0) is 11.3 Å². The molecule has 0 aliphatic heterocycles. The molecule has 0 aliphatic rings. The SMILES string of the molecule is CCn1c(O)c(C)c(C(=O)[C@@H](NC(=O)OC(C)(C)C)C(C)C)c1O. The van der Waals surface area contributed by atoms with Gasteiger partial charge in [-0.05, 0) is 40.5 Å². The van der Waals surface area contributed by atoms with Crippen LogP contribution in [0.4, 0.5) is 4.79 Å². The summed E-state index contributed by atoms with van der Waals surface area (Å²) in [6.07, 6.45) is -0.703. The number of aromatic hydroxyl groups is 2. The third kappa shape index (κ3) is 4.21. The first kappa shape index (κ1) is 19.9. The zero-order valence-electron chi connectivity index (χ0n) is 15.4. The smallest absolute Gasteiger partial charge is 0.408 e. The zero-order chi connectivity index (χ0) is 18.8. The highest BCUT2D eigenvalue weighted by Gasteiger charge is 2.33. The number of nitrogens with one attached hydrogen (secondary N) is 1. The Morgan fingerprint density at radius 2 is 1.75 bits per heavy atom. The molecule has 0 fully saturated rings. The normalized spacial score (nSPS) is 13.0. The second-order valence-corrected chi connectivity index (χ2v) is 7.12. The molecule has 0 radical (unpaired) electrons. The summed E-state index contributed by atoms with van der Waals surface area (Å²) in [5.41, 5.74) is -0.378. The van der Waals surface area contributed by atoms with E-state index in [9.17, 15) is 19.8 Å². The van der Waals surface area contributed by atoms with Crippen molar-refractivity contribution in [2.24, 2.45) is 5.92 Å². The molecule has 24 heavy (non-hydrogen) atoms. The van der Waals surface area contributed by atoms with Crippen molar-refractivity contribution in [2.75, 3.05) is 0 Å². The molecule has 136 valence electrons. The largest absolute Gasteiger partial charge is 0.494 e. The van der Waals surface area contributed by atoms with Gasteiger partial charge in [0.1, 0.15) is 5.60 Å². The van der Waals surface area contributed by atoms with Gasteiger partial charge in [0.05, 0.1) is 11.6 Å². The highest BCUT2D eigenvalue weighted by molar-refractivity contribution is 6.05. The molecule has 1 heterocycles. The summed E-state index contributed by atoms with van der Waals surface area (Å²) in [6.45, 7) is 12.4. The van der Waals surface area contributed by atoms with Gasteiger partial charge in [0.15, 0.2) is 11.7 Å². The van der Waals surface area contributed by atoms with Gasteiger partial charge in [-0.25, -0.2) is 4.79 Å². The van der Waals surface area contributed by atoms with Crippen LogP contribution in [0.15, 0.2) is 0 Å². The van der Waals surface area contributed by atoms with E-state index >= 15 is 0 Å². The number of ketones is 1. The second kappa shape index (κ2) is 7.15. The van der Waals surface area contributed by atoms with E-state index in [0.717, 1.165) is 0 Å². The molecule has 0 spiro atoms. The first-order chi connectivity index (χ1) is 10.9. The van der Waals surface area contributed by atoms with Crippen molar-refractivity contribution in [1.29, 1.82) is 0 Å². The summed E-state index contributed by atoms with van der Waals surface area (Å²) >= 11 is 0. The molecule has 0 unspecified atom stereocenters. The first-order valence-electron chi connectivity index (χ1n) is 8.05. The number of hydrogen-bond donors (Lipinski definition) is 3. The van der Waals surface area contributed by atoms with Crippen LogP contribution >= 0.6 is 0 Å². The Balaban J connectivity index is 3.15. The molecule has 1 amide bonds. The Hall–Kier alpha value is -2.18. The molecular formula is C17H28N2O5. The minimum Gasteiger partial charge on any atom is -0.494 e. The highest BCUT2D eigenvalue weighted by atomic mass is 16.6. The van der Waals surface area contributed by atoms with Crippen LogP contribution in [0.3, 0.4) is 0 Å². The van der Waals surface area contributed by atoms with Crippen molar-refractivity contribution in [1.82, 2.24) is 9.88 Å². The van der Waals surface area contributed by atoms with Crippen LogP contribution in [0, 0.1) is 12.8 Å². The van der Waals surface area contributed by atoms with Crippen molar-refractivity contribution >= 4 is 11.9 Å². The third-order valence-corrected chi connectivity index (χ3v) is 3.63. The van der Waals surface area contributed by atoms with Crippen LogP contribution in [0.25, 0.3) is 0 Å². The van der Waals surface area contributed by atoms with Crippen LogP contribution in [0.5, 0.6) is 11.8 Å². The maximum absolute atomic E-state index is 12.9. The van der Waals surface area contributed by atoms with Gasteiger partial charge in [-0.3, -0.25) is 9.36 Å². The lowest BCUT2D eigenvalue weighted by Gasteiger charge is -2.25. The molecule has 0 saturated carbocycles. The Bertz CT molecular complexity index is 626. The van der Waals surface area contributed by atoms with Gasteiger partial charge in [-0.1, -0.05) is 13.8 Å². The predicted octanol–water partition coefficient (Wildman–Crippen LogP) is 2.96. The quantitative estimate of drug-likeness (QED) is 0.715.